The van der Waals surface area contributed by atoms with Gasteiger partial charge in [0.15, 0.2) is 0 Å². The lowest BCUT2D eigenvalue weighted by molar-refractivity contribution is 0.958. The summed E-state index contributed by atoms with van der Waals surface area (Å²) < 4.78 is 0.793. The summed E-state index contributed by atoms with van der Waals surface area (Å²) in [4.78, 5) is 22.1. The maximum Gasteiger partial charge on any atom is 0.304 e. The van der Waals surface area contributed by atoms with Gasteiger partial charge in [-0.1, -0.05) is 18.3 Å². The predicted octanol–water partition coefficient (Wildman–Crippen LogP) is 2.42. The Morgan fingerprint density at radius 1 is 1.37 bits per heavy atom. The largest absolute Gasteiger partial charge is 0.369 e. The average molecular weight is 344 g/mol. The van der Waals surface area contributed by atoms with Crippen LogP contribution in [-0.2, 0) is 6.54 Å². The normalized spacial score (nSPS) is 10.4. The van der Waals surface area contributed by atoms with Crippen LogP contribution in [0.4, 0.5) is 11.6 Å². The molecule has 2 aromatic rings. The van der Waals surface area contributed by atoms with Gasteiger partial charge in [-0.15, -0.1) is 0 Å². The Labute approximate surface area is 122 Å². The Morgan fingerprint density at radius 3 is 2.74 bits per heavy atom. The van der Waals surface area contributed by atoms with E-state index in [9.17, 15) is 4.79 Å². The molecule has 0 amide bonds. The number of halogens is 1. The van der Waals surface area contributed by atoms with E-state index in [2.05, 4.69) is 48.4 Å². The summed E-state index contributed by atoms with van der Waals surface area (Å²) in [6.07, 6.45) is 2.52. The number of hydrogen-bond donors (Lipinski definition) is 3. The van der Waals surface area contributed by atoms with Crippen LogP contribution in [0.2, 0.25) is 0 Å². The van der Waals surface area contributed by atoms with Crippen LogP contribution in [0.1, 0.15) is 19.0 Å². The van der Waals surface area contributed by atoms with E-state index in [0.29, 0.717) is 12.4 Å². The minimum Gasteiger partial charge on any atom is -0.369 e. The molecule has 0 aromatic carbocycles. The van der Waals surface area contributed by atoms with E-state index in [1.165, 1.54) is 6.33 Å². The fraction of sp³-hybridized carbons (Fsp3) is 0.364. The van der Waals surface area contributed by atoms with Crippen molar-refractivity contribution in [3.8, 4) is 0 Å². The number of thiazole rings is 1. The third kappa shape index (κ3) is 3.77. The van der Waals surface area contributed by atoms with Crippen LogP contribution in [0.5, 0.6) is 0 Å². The SMILES string of the molecule is CCCNc1ncnc(NCc2csc(=O)[nH]2)c1Br. The van der Waals surface area contributed by atoms with Gasteiger partial charge in [-0.05, 0) is 22.4 Å². The minimum atomic E-state index is -0.0520. The maximum absolute atomic E-state index is 11.0. The van der Waals surface area contributed by atoms with Gasteiger partial charge in [0.1, 0.15) is 22.4 Å². The zero-order valence-corrected chi connectivity index (χ0v) is 12.8. The van der Waals surface area contributed by atoms with Gasteiger partial charge in [0, 0.05) is 17.6 Å². The summed E-state index contributed by atoms with van der Waals surface area (Å²) in [5.41, 5.74) is 0.837. The van der Waals surface area contributed by atoms with Gasteiger partial charge in [-0.25, -0.2) is 9.97 Å². The van der Waals surface area contributed by atoms with Crippen molar-refractivity contribution in [1.82, 2.24) is 15.0 Å². The number of aromatic amines is 1. The molecule has 0 unspecified atom stereocenters. The van der Waals surface area contributed by atoms with Crippen molar-refractivity contribution in [2.75, 3.05) is 17.2 Å². The van der Waals surface area contributed by atoms with Crippen molar-refractivity contribution < 1.29 is 0 Å². The molecule has 0 fully saturated rings. The third-order valence-electron chi connectivity index (χ3n) is 2.35. The molecular weight excluding hydrogens is 330 g/mol. The quantitative estimate of drug-likeness (QED) is 0.750. The van der Waals surface area contributed by atoms with Crippen LogP contribution in [0.3, 0.4) is 0 Å². The van der Waals surface area contributed by atoms with E-state index in [1.54, 1.807) is 5.38 Å². The Bertz CT molecular complexity index is 597. The highest BCUT2D eigenvalue weighted by molar-refractivity contribution is 9.10. The highest BCUT2D eigenvalue weighted by atomic mass is 79.9. The second-order valence-corrected chi connectivity index (χ2v) is 5.47. The highest BCUT2D eigenvalue weighted by Gasteiger charge is 2.08. The number of H-pyrrole nitrogens is 1. The molecule has 102 valence electrons. The van der Waals surface area contributed by atoms with Gasteiger partial charge >= 0.3 is 4.87 Å². The Morgan fingerprint density at radius 2 is 2.11 bits per heavy atom. The molecule has 0 spiro atoms. The summed E-state index contributed by atoms with van der Waals surface area (Å²) in [6.45, 7) is 3.46. The van der Waals surface area contributed by atoms with E-state index in [1.807, 2.05) is 0 Å². The third-order valence-corrected chi connectivity index (χ3v) is 3.82. The van der Waals surface area contributed by atoms with Crippen LogP contribution in [0.25, 0.3) is 0 Å². The second-order valence-electron chi connectivity index (χ2n) is 3.84. The van der Waals surface area contributed by atoms with Crippen LogP contribution in [0.15, 0.2) is 21.0 Å². The summed E-state index contributed by atoms with van der Waals surface area (Å²) in [7, 11) is 0. The van der Waals surface area contributed by atoms with Gasteiger partial charge in [-0.2, -0.15) is 0 Å². The van der Waals surface area contributed by atoms with Crippen molar-refractivity contribution in [2.24, 2.45) is 0 Å². The van der Waals surface area contributed by atoms with Crippen LogP contribution < -0.4 is 15.5 Å². The molecule has 6 nitrogen and oxygen atoms in total. The number of aromatic nitrogens is 3. The molecule has 19 heavy (non-hydrogen) atoms. The first-order valence-corrected chi connectivity index (χ1v) is 7.53. The standard InChI is InChI=1S/C11H14BrN5OS/c1-2-3-13-9-8(12)10(16-6-15-9)14-4-7-5-19-11(18)17-7/h5-6H,2-4H2,1H3,(H,17,18)(H2,13,14,15,16). The number of nitrogens with one attached hydrogen (secondary N) is 3. The Balaban J connectivity index is 2.05. The summed E-state index contributed by atoms with van der Waals surface area (Å²) in [5.74, 6) is 1.46. The monoisotopic (exact) mass is 343 g/mol. The Kier molecular flexibility index (Phi) is 4.92. The summed E-state index contributed by atoms with van der Waals surface area (Å²) >= 11 is 4.62. The van der Waals surface area contributed by atoms with E-state index in [0.717, 1.165) is 40.3 Å². The van der Waals surface area contributed by atoms with Crippen molar-refractivity contribution in [1.29, 1.82) is 0 Å². The first kappa shape index (κ1) is 14.0. The molecule has 0 aliphatic rings. The van der Waals surface area contributed by atoms with Crippen molar-refractivity contribution >= 4 is 38.9 Å². The molecule has 0 saturated heterocycles. The van der Waals surface area contributed by atoms with Crippen molar-refractivity contribution in [3.05, 3.63) is 31.5 Å². The van der Waals surface area contributed by atoms with Crippen molar-refractivity contribution in [2.45, 2.75) is 19.9 Å². The summed E-state index contributed by atoms with van der Waals surface area (Å²) in [6, 6.07) is 0. The molecule has 0 aliphatic carbocycles. The molecule has 0 atom stereocenters. The number of hydrogen-bond acceptors (Lipinski definition) is 6. The zero-order valence-electron chi connectivity index (χ0n) is 10.4. The number of nitrogens with zero attached hydrogens (tertiary/aromatic N) is 2. The smallest absolute Gasteiger partial charge is 0.304 e. The lowest BCUT2D eigenvalue weighted by atomic mass is 10.4. The lowest BCUT2D eigenvalue weighted by Crippen LogP contribution is -2.08. The highest BCUT2D eigenvalue weighted by Crippen LogP contribution is 2.26. The van der Waals surface area contributed by atoms with Crippen LogP contribution in [0, 0.1) is 0 Å². The van der Waals surface area contributed by atoms with Crippen LogP contribution in [-0.4, -0.2) is 21.5 Å². The molecular formula is C11H14BrN5OS. The minimum absolute atomic E-state index is 0.0520. The first-order chi connectivity index (χ1) is 9.20. The predicted molar refractivity (Wildman–Crippen MR) is 80.8 cm³/mol. The fourth-order valence-corrected chi connectivity index (χ4v) is 2.51. The second kappa shape index (κ2) is 6.67. The number of rotatable bonds is 6. The van der Waals surface area contributed by atoms with Gasteiger partial charge in [0.25, 0.3) is 0 Å². The van der Waals surface area contributed by atoms with Crippen LogP contribution >= 0.6 is 27.3 Å². The van der Waals surface area contributed by atoms with E-state index >= 15 is 0 Å². The molecule has 2 aromatic heterocycles. The molecule has 2 heterocycles. The van der Waals surface area contributed by atoms with Crippen molar-refractivity contribution in [3.63, 3.8) is 0 Å². The molecule has 8 heteroatoms. The van der Waals surface area contributed by atoms with Gasteiger partial charge in [-0.3, -0.25) is 4.79 Å². The van der Waals surface area contributed by atoms with Gasteiger partial charge in [0.05, 0.1) is 6.54 Å². The summed E-state index contributed by atoms with van der Waals surface area (Å²) in [5, 5.41) is 8.16. The fourth-order valence-electron chi connectivity index (χ4n) is 1.44. The lowest BCUT2D eigenvalue weighted by Gasteiger charge is -2.10. The van der Waals surface area contributed by atoms with E-state index < -0.39 is 0 Å². The molecule has 0 saturated carbocycles. The maximum atomic E-state index is 11.0. The zero-order chi connectivity index (χ0) is 13.7. The number of anilines is 2. The van der Waals surface area contributed by atoms with E-state index in [4.69, 9.17) is 0 Å². The van der Waals surface area contributed by atoms with Gasteiger partial charge < -0.3 is 15.6 Å². The Hall–Kier alpha value is -1.41. The molecule has 2 rings (SSSR count). The molecule has 0 aliphatic heterocycles. The average Bonchev–Trinajstić information content (AvgIpc) is 2.82. The molecule has 0 radical (unpaired) electrons. The molecule has 3 N–H and O–H groups in total. The molecule has 0 bridgehead atoms. The topological polar surface area (TPSA) is 82.7 Å². The first-order valence-electron chi connectivity index (χ1n) is 5.85. The van der Waals surface area contributed by atoms with Gasteiger partial charge in [0.2, 0.25) is 0 Å². The van der Waals surface area contributed by atoms with E-state index in [-0.39, 0.29) is 4.87 Å².